The predicted molar refractivity (Wildman–Crippen MR) is 151 cm³/mol. The average Bonchev–Trinajstić information content (AvgIpc) is 2.92. The molecule has 1 unspecified atom stereocenters. The number of aryl methyl sites for hydroxylation is 1. The molecule has 39 heavy (non-hydrogen) atoms. The normalized spacial score (nSPS) is 11.8. The lowest BCUT2D eigenvalue weighted by Gasteiger charge is -2.33. The van der Waals surface area contributed by atoms with Gasteiger partial charge in [0.15, 0.2) is 0 Å². The molecule has 3 rings (SSSR count). The van der Waals surface area contributed by atoms with Gasteiger partial charge in [0.1, 0.15) is 24.1 Å². The van der Waals surface area contributed by atoms with Gasteiger partial charge in [-0.25, -0.2) is 8.42 Å². The highest BCUT2D eigenvalue weighted by atomic mass is 32.2. The fourth-order valence-corrected chi connectivity index (χ4v) is 5.16. The molecule has 1 atom stereocenters. The lowest BCUT2D eigenvalue weighted by Crippen LogP contribution is -2.52. The van der Waals surface area contributed by atoms with Crippen molar-refractivity contribution in [3.63, 3.8) is 0 Å². The van der Waals surface area contributed by atoms with Gasteiger partial charge in [0.2, 0.25) is 21.8 Å². The Hall–Kier alpha value is -4.05. The number of benzene rings is 3. The Balaban J connectivity index is 2.08. The molecule has 0 bridgehead atoms. The number of likely N-dealkylation sites (N-methyl/N-ethyl adjacent to an activating group) is 1. The molecule has 3 aromatic carbocycles. The molecule has 0 fully saturated rings. The van der Waals surface area contributed by atoms with Crippen LogP contribution >= 0.6 is 0 Å². The van der Waals surface area contributed by atoms with E-state index >= 15 is 0 Å². The van der Waals surface area contributed by atoms with Gasteiger partial charge in [-0.1, -0.05) is 60.2 Å². The number of hydrogen-bond donors (Lipinski definition) is 1. The highest BCUT2D eigenvalue weighted by Gasteiger charge is 2.33. The number of amides is 2. The SMILES string of the molecule is CNC(=O)C(Cc1ccccc1)N(Cc1cccc(C)c1)C(=O)CN(c1cc(OC)ccc1OC)S(C)(=O)=O. The van der Waals surface area contributed by atoms with Crippen LogP contribution in [0.5, 0.6) is 11.5 Å². The molecule has 0 aliphatic rings. The molecular weight excluding hydrogens is 518 g/mol. The summed E-state index contributed by atoms with van der Waals surface area (Å²) >= 11 is 0. The van der Waals surface area contributed by atoms with Crippen molar-refractivity contribution in [2.75, 3.05) is 38.4 Å². The predicted octanol–water partition coefficient (Wildman–Crippen LogP) is 3.16. The van der Waals surface area contributed by atoms with E-state index < -0.39 is 28.5 Å². The Morgan fingerprint density at radius 1 is 0.923 bits per heavy atom. The van der Waals surface area contributed by atoms with Crippen molar-refractivity contribution >= 4 is 27.5 Å². The van der Waals surface area contributed by atoms with Crippen LogP contribution in [0, 0.1) is 6.92 Å². The summed E-state index contributed by atoms with van der Waals surface area (Å²) in [6.07, 6.45) is 1.27. The van der Waals surface area contributed by atoms with Crippen molar-refractivity contribution in [1.82, 2.24) is 10.2 Å². The molecule has 3 aromatic rings. The standard InChI is InChI=1S/C29H35N3O6S/c1-21-10-9-13-23(16-21)19-31(26(29(34)30-2)17-22-11-7-6-8-12-22)28(33)20-32(39(5,35)36)25-18-24(37-3)14-15-27(25)38-4/h6-16,18,26H,17,19-20H2,1-5H3,(H,30,34). The maximum atomic E-state index is 14.0. The van der Waals surface area contributed by atoms with E-state index in [-0.39, 0.29) is 30.3 Å². The molecule has 0 aliphatic heterocycles. The second kappa shape index (κ2) is 13.1. The summed E-state index contributed by atoms with van der Waals surface area (Å²) in [5, 5.41) is 2.67. The number of nitrogens with zero attached hydrogens (tertiary/aromatic N) is 2. The van der Waals surface area contributed by atoms with Crippen LogP contribution in [0.15, 0.2) is 72.8 Å². The fraction of sp³-hybridized carbons (Fsp3) is 0.310. The molecule has 208 valence electrons. The van der Waals surface area contributed by atoms with Gasteiger partial charge in [0.05, 0.1) is 26.2 Å². The molecule has 0 aliphatic carbocycles. The van der Waals surface area contributed by atoms with E-state index in [1.807, 2.05) is 61.5 Å². The number of anilines is 1. The van der Waals surface area contributed by atoms with Crippen LogP contribution in [-0.2, 0) is 32.6 Å². The number of methoxy groups -OCH3 is 2. The zero-order valence-corrected chi connectivity index (χ0v) is 23.7. The van der Waals surface area contributed by atoms with E-state index in [1.165, 1.54) is 32.2 Å². The third-order valence-electron chi connectivity index (χ3n) is 6.29. The summed E-state index contributed by atoms with van der Waals surface area (Å²) in [5.41, 5.74) is 2.83. The Kier molecular flexibility index (Phi) is 9.95. The summed E-state index contributed by atoms with van der Waals surface area (Å²) in [6.45, 7) is 1.51. The number of rotatable bonds is 12. The number of carbonyl (C=O) groups is 2. The highest BCUT2D eigenvalue weighted by molar-refractivity contribution is 7.92. The van der Waals surface area contributed by atoms with Crippen LogP contribution in [0.1, 0.15) is 16.7 Å². The summed E-state index contributed by atoms with van der Waals surface area (Å²) in [5.74, 6) is -0.247. The molecule has 10 heteroatoms. The minimum Gasteiger partial charge on any atom is -0.497 e. The van der Waals surface area contributed by atoms with Gasteiger partial charge < -0.3 is 19.7 Å². The number of nitrogens with one attached hydrogen (secondary N) is 1. The molecule has 1 N–H and O–H groups in total. The number of ether oxygens (including phenoxy) is 2. The summed E-state index contributed by atoms with van der Waals surface area (Å²) in [4.78, 5) is 28.7. The zero-order valence-electron chi connectivity index (χ0n) is 22.9. The topological polar surface area (TPSA) is 105 Å². The first-order valence-corrected chi connectivity index (χ1v) is 14.2. The third-order valence-corrected chi connectivity index (χ3v) is 7.41. The second-order valence-corrected chi connectivity index (χ2v) is 11.0. The molecule has 9 nitrogen and oxygen atoms in total. The van der Waals surface area contributed by atoms with E-state index in [9.17, 15) is 18.0 Å². The van der Waals surface area contributed by atoms with Gasteiger partial charge in [-0.15, -0.1) is 0 Å². The van der Waals surface area contributed by atoms with Crippen LogP contribution in [0.4, 0.5) is 5.69 Å². The van der Waals surface area contributed by atoms with Crippen LogP contribution in [0.25, 0.3) is 0 Å². The van der Waals surface area contributed by atoms with E-state index in [1.54, 1.807) is 12.1 Å². The van der Waals surface area contributed by atoms with E-state index in [4.69, 9.17) is 9.47 Å². The zero-order chi connectivity index (χ0) is 28.6. The Bertz CT molecular complexity index is 1400. The molecule has 0 radical (unpaired) electrons. The summed E-state index contributed by atoms with van der Waals surface area (Å²) in [7, 11) is 0.446. The van der Waals surface area contributed by atoms with Gasteiger partial charge >= 0.3 is 0 Å². The van der Waals surface area contributed by atoms with Gasteiger partial charge in [-0.3, -0.25) is 13.9 Å². The van der Waals surface area contributed by atoms with E-state index in [0.29, 0.717) is 5.75 Å². The number of carbonyl (C=O) groups excluding carboxylic acids is 2. The Morgan fingerprint density at radius 2 is 1.62 bits per heavy atom. The second-order valence-electron chi connectivity index (χ2n) is 9.14. The first-order chi connectivity index (χ1) is 18.6. The molecule has 0 aromatic heterocycles. The molecule has 2 amide bonds. The van der Waals surface area contributed by atoms with Gasteiger partial charge in [-0.2, -0.15) is 0 Å². The van der Waals surface area contributed by atoms with Gasteiger partial charge in [0.25, 0.3) is 0 Å². The number of hydrogen-bond acceptors (Lipinski definition) is 6. The minimum absolute atomic E-state index is 0.109. The Morgan fingerprint density at radius 3 is 2.21 bits per heavy atom. The van der Waals surface area contributed by atoms with Crippen molar-refractivity contribution < 1.29 is 27.5 Å². The van der Waals surface area contributed by atoms with Crippen molar-refractivity contribution in [1.29, 1.82) is 0 Å². The highest BCUT2D eigenvalue weighted by Crippen LogP contribution is 2.34. The van der Waals surface area contributed by atoms with Crippen molar-refractivity contribution in [2.24, 2.45) is 0 Å². The van der Waals surface area contributed by atoms with E-state index in [0.717, 1.165) is 27.3 Å². The Labute approximate surface area is 230 Å². The third kappa shape index (κ3) is 7.73. The largest absolute Gasteiger partial charge is 0.497 e. The maximum absolute atomic E-state index is 14.0. The quantitative estimate of drug-likeness (QED) is 0.370. The van der Waals surface area contributed by atoms with Gasteiger partial charge in [0, 0.05) is 26.1 Å². The van der Waals surface area contributed by atoms with Crippen molar-refractivity contribution in [2.45, 2.75) is 25.9 Å². The van der Waals surface area contributed by atoms with Crippen LogP contribution in [0.2, 0.25) is 0 Å². The molecule has 0 heterocycles. The first kappa shape index (κ1) is 29.5. The maximum Gasteiger partial charge on any atom is 0.244 e. The molecule has 0 saturated carbocycles. The van der Waals surface area contributed by atoms with E-state index in [2.05, 4.69) is 5.32 Å². The van der Waals surface area contributed by atoms with Crippen LogP contribution in [-0.4, -0.2) is 65.2 Å². The first-order valence-electron chi connectivity index (χ1n) is 12.4. The van der Waals surface area contributed by atoms with Crippen LogP contribution in [0.3, 0.4) is 0 Å². The van der Waals surface area contributed by atoms with Gasteiger partial charge in [-0.05, 0) is 30.2 Å². The van der Waals surface area contributed by atoms with Crippen molar-refractivity contribution in [3.8, 4) is 11.5 Å². The lowest BCUT2D eigenvalue weighted by atomic mass is 10.0. The monoisotopic (exact) mass is 553 g/mol. The number of sulfonamides is 1. The minimum atomic E-state index is -3.94. The average molecular weight is 554 g/mol. The summed E-state index contributed by atoms with van der Waals surface area (Å²) in [6, 6.07) is 20.8. The van der Waals surface area contributed by atoms with Crippen LogP contribution < -0.4 is 19.1 Å². The molecule has 0 spiro atoms. The molecule has 0 saturated heterocycles. The molecular formula is C29H35N3O6S. The smallest absolute Gasteiger partial charge is 0.244 e. The van der Waals surface area contributed by atoms with Crippen molar-refractivity contribution in [3.05, 3.63) is 89.5 Å². The summed E-state index contributed by atoms with van der Waals surface area (Å²) < 4.78 is 37.6. The fourth-order valence-electron chi connectivity index (χ4n) is 4.31. The lowest BCUT2D eigenvalue weighted by molar-refractivity contribution is -0.139.